The molecule has 1 aromatic rings. The van der Waals surface area contributed by atoms with Gasteiger partial charge in [-0.05, 0) is 25.0 Å². The van der Waals surface area contributed by atoms with Gasteiger partial charge in [-0.15, -0.1) is 0 Å². The molecule has 1 aliphatic heterocycles. The topological polar surface area (TPSA) is 49.4 Å². The highest BCUT2D eigenvalue weighted by Crippen LogP contribution is 2.06. The highest BCUT2D eigenvalue weighted by Gasteiger charge is 2.12. The van der Waals surface area contributed by atoms with Crippen molar-refractivity contribution in [3.05, 3.63) is 30.3 Å². The summed E-state index contributed by atoms with van der Waals surface area (Å²) in [6.07, 6.45) is 2.39. The summed E-state index contributed by atoms with van der Waals surface area (Å²) < 4.78 is 0. The molecule has 0 atom stereocenters. The molecule has 2 amide bonds. The van der Waals surface area contributed by atoms with E-state index in [1.54, 1.807) is 6.92 Å². The third-order valence-corrected chi connectivity index (χ3v) is 2.65. The maximum atomic E-state index is 10.6. The van der Waals surface area contributed by atoms with Crippen LogP contribution in [-0.4, -0.2) is 29.8 Å². The number of rotatable bonds is 1. The fourth-order valence-electron chi connectivity index (χ4n) is 1.76. The second-order valence-corrected chi connectivity index (χ2v) is 4.26. The summed E-state index contributed by atoms with van der Waals surface area (Å²) >= 11 is 0. The zero-order valence-electron chi connectivity index (χ0n) is 15.0. The van der Waals surface area contributed by atoms with E-state index in [-0.39, 0.29) is 11.8 Å². The van der Waals surface area contributed by atoms with Crippen molar-refractivity contribution in [2.75, 3.05) is 18.4 Å². The molecule has 1 saturated heterocycles. The molecule has 1 aliphatic rings. The van der Waals surface area contributed by atoms with Gasteiger partial charge in [-0.2, -0.15) is 0 Å². The normalized spacial score (nSPS) is 11.6. The summed E-state index contributed by atoms with van der Waals surface area (Å²) in [4.78, 5) is 23.0. The monoisotopic (exact) mass is 308 g/mol. The molecule has 0 spiro atoms. The molecule has 2 rings (SSSR count). The third kappa shape index (κ3) is 11.9. The molecular formula is C18H32N2O2. The van der Waals surface area contributed by atoms with E-state index in [2.05, 4.69) is 5.32 Å². The molecular weight excluding hydrogens is 276 g/mol. The molecule has 0 aromatic heterocycles. The standard InChI is InChI=1S/C8H9NO.C6H11NO.2C2H6/c1-7(10)9-8-5-3-2-4-6-8;1-6(8)7-4-2-3-5-7;2*1-2/h2-6H,1H3,(H,9,10);2-5H2,1H3;2*1-2H3. The number of hydrogen-bond donors (Lipinski definition) is 1. The number of nitrogens with one attached hydrogen (secondary N) is 1. The Morgan fingerprint density at radius 3 is 1.68 bits per heavy atom. The maximum absolute atomic E-state index is 10.6. The Morgan fingerprint density at radius 2 is 1.36 bits per heavy atom. The molecule has 4 nitrogen and oxygen atoms in total. The molecule has 4 heteroatoms. The minimum Gasteiger partial charge on any atom is -0.343 e. The molecule has 0 aliphatic carbocycles. The predicted octanol–water partition coefficient (Wildman–Crippen LogP) is 4.33. The van der Waals surface area contributed by atoms with Crippen LogP contribution in [0.4, 0.5) is 5.69 Å². The van der Waals surface area contributed by atoms with Crippen LogP contribution in [0, 0.1) is 0 Å². The van der Waals surface area contributed by atoms with E-state index in [0.29, 0.717) is 0 Å². The summed E-state index contributed by atoms with van der Waals surface area (Å²) in [6, 6.07) is 9.37. The van der Waals surface area contributed by atoms with Crippen LogP contribution >= 0.6 is 0 Å². The Bertz CT molecular complexity index is 385. The number of nitrogens with zero attached hydrogens (tertiary/aromatic N) is 1. The predicted molar refractivity (Wildman–Crippen MR) is 94.9 cm³/mol. The number of benzene rings is 1. The molecule has 1 heterocycles. The number of likely N-dealkylation sites (tertiary alicyclic amines) is 1. The van der Waals surface area contributed by atoms with Gasteiger partial charge < -0.3 is 10.2 Å². The van der Waals surface area contributed by atoms with Crippen molar-refractivity contribution in [3.8, 4) is 0 Å². The lowest BCUT2D eigenvalue weighted by Gasteiger charge is -2.10. The first-order chi connectivity index (χ1) is 10.6. The molecule has 0 unspecified atom stereocenters. The number of hydrogen-bond acceptors (Lipinski definition) is 2. The quantitative estimate of drug-likeness (QED) is 0.839. The maximum Gasteiger partial charge on any atom is 0.221 e. The highest BCUT2D eigenvalue weighted by atomic mass is 16.2. The first-order valence-electron chi connectivity index (χ1n) is 8.17. The average molecular weight is 308 g/mol. The fourth-order valence-corrected chi connectivity index (χ4v) is 1.76. The number of para-hydroxylation sites is 1. The summed E-state index contributed by atoms with van der Waals surface area (Å²) in [7, 11) is 0. The van der Waals surface area contributed by atoms with Crippen molar-refractivity contribution in [3.63, 3.8) is 0 Å². The molecule has 0 radical (unpaired) electrons. The van der Waals surface area contributed by atoms with Crippen LogP contribution < -0.4 is 5.32 Å². The van der Waals surface area contributed by atoms with Gasteiger partial charge in [-0.1, -0.05) is 45.9 Å². The summed E-state index contributed by atoms with van der Waals surface area (Å²) in [5.41, 5.74) is 0.843. The lowest BCUT2D eigenvalue weighted by atomic mass is 10.3. The van der Waals surface area contributed by atoms with Crippen LogP contribution in [0.1, 0.15) is 54.4 Å². The number of carbonyl (C=O) groups is 2. The van der Waals surface area contributed by atoms with E-state index in [1.807, 2.05) is 62.9 Å². The van der Waals surface area contributed by atoms with Crippen LogP contribution in [-0.2, 0) is 9.59 Å². The van der Waals surface area contributed by atoms with E-state index in [9.17, 15) is 9.59 Å². The third-order valence-electron chi connectivity index (χ3n) is 2.65. The van der Waals surface area contributed by atoms with Gasteiger partial charge in [0, 0.05) is 32.6 Å². The van der Waals surface area contributed by atoms with Crippen molar-refractivity contribution in [2.24, 2.45) is 0 Å². The second kappa shape index (κ2) is 15.5. The molecule has 0 saturated carbocycles. The van der Waals surface area contributed by atoms with Crippen molar-refractivity contribution >= 4 is 17.5 Å². The Labute approximate surface area is 135 Å². The van der Waals surface area contributed by atoms with Crippen LogP contribution in [0.25, 0.3) is 0 Å². The molecule has 1 fully saturated rings. The average Bonchev–Trinajstić information content (AvgIpc) is 3.07. The van der Waals surface area contributed by atoms with Crippen molar-refractivity contribution < 1.29 is 9.59 Å². The molecule has 1 aromatic carbocycles. The van der Waals surface area contributed by atoms with Crippen molar-refractivity contribution in [2.45, 2.75) is 54.4 Å². The molecule has 126 valence electrons. The van der Waals surface area contributed by atoms with Crippen LogP contribution in [0.2, 0.25) is 0 Å². The Kier molecular flexibility index (Phi) is 15.9. The smallest absolute Gasteiger partial charge is 0.221 e. The van der Waals surface area contributed by atoms with E-state index < -0.39 is 0 Å². The SMILES string of the molecule is CC.CC.CC(=O)N1CCCC1.CC(=O)Nc1ccccc1. The van der Waals surface area contributed by atoms with Crippen LogP contribution in [0.3, 0.4) is 0 Å². The van der Waals surface area contributed by atoms with Gasteiger partial charge in [0.1, 0.15) is 0 Å². The summed E-state index contributed by atoms with van der Waals surface area (Å²) in [6.45, 7) is 13.1. The zero-order chi connectivity index (χ0) is 17.4. The number of carbonyl (C=O) groups excluding carboxylic acids is 2. The van der Waals surface area contributed by atoms with E-state index in [4.69, 9.17) is 0 Å². The largest absolute Gasteiger partial charge is 0.343 e. The van der Waals surface area contributed by atoms with Crippen molar-refractivity contribution in [1.29, 1.82) is 0 Å². The van der Waals surface area contributed by atoms with Gasteiger partial charge in [-0.25, -0.2) is 0 Å². The number of anilines is 1. The lowest BCUT2D eigenvalue weighted by Crippen LogP contribution is -2.24. The van der Waals surface area contributed by atoms with Gasteiger partial charge in [-0.3, -0.25) is 9.59 Å². The summed E-state index contributed by atoms with van der Waals surface area (Å²) in [5, 5.41) is 2.67. The molecule has 1 N–H and O–H groups in total. The fraction of sp³-hybridized carbons (Fsp3) is 0.556. The van der Waals surface area contributed by atoms with Crippen LogP contribution in [0.15, 0.2) is 30.3 Å². The first kappa shape index (κ1) is 22.4. The van der Waals surface area contributed by atoms with Crippen LogP contribution in [0.5, 0.6) is 0 Å². The van der Waals surface area contributed by atoms with E-state index >= 15 is 0 Å². The van der Waals surface area contributed by atoms with Gasteiger partial charge >= 0.3 is 0 Å². The zero-order valence-corrected chi connectivity index (χ0v) is 15.0. The van der Waals surface area contributed by atoms with E-state index in [0.717, 1.165) is 18.8 Å². The Hall–Kier alpha value is -1.84. The second-order valence-electron chi connectivity index (χ2n) is 4.26. The van der Waals surface area contributed by atoms with Crippen molar-refractivity contribution in [1.82, 2.24) is 4.90 Å². The molecule has 0 bridgehead atoms. The van der Waals surface area contributed by atoms with Gasteiger partial charge in [0.25, 0.3) is 0 Å². The van der Waals surface area contributed by atoms with Gasteiger partial charge in [0.15, 0.2) is 0 Å². The minimum absolute atomic E-state index is 0.0359. The molecule has 22 heavy (non-hydrogen) atoms. The number of amides is 2. The van der Waals surface area contributed by atoms with Gasteiger partial charge in [0.2, 0.25) is 11.8 Å². The lowest BCUT2D eigenvalue weighted by molar-refractivity contribution is -0.127. The Morgan fingerprint density at radius 1 is 0.909 bits per heavy atom. The summed E-state index contributed by atoms with van der Waals surface area (Å²) in [5.74, 6) is 0.189. The first-order valence-corrected chi connectivity index (χ1v) is 8.17. The minimum atomic E-state index is -0.0359. The van der Waals surface area contributed by atoms with Gasteiger partial charge in [0.05, 0.1) is 0 Å². The Balaban J connectivity index is 0. The van der Waals surface area contributed by atoms with E-state index in [1.165, 1.54) is 19.8 Å². The highest BCUT2D eigenvalue weighted by molar-refractivity contribution is 5.88.